The van der Waals surface area contributed by atoms with Gasteiger partial charge < -0.3 is 9.64 Å². The highest BCUT2D eigenvalue weighted by Gasteiger charge is 2.26. The minimum atomic E-state index is -0.0213. The van der Waals surface area contributed by atoms with Crippen molar-refractivity contribution >= 4 is 23.6 Å². The van der Waals surface area contributed by atoms with Gasteiger partial charge in [0.05, 0.1) is 24.4 Å². The summed E-state index contributed by atoms with van der Waals surface area (Å²) in [7, 11) is 1.78. The zero-order chi connectivity index (χ0) is 14.9. The molecule has 1 aromatic heterocycles. The Kier molecular flexibility index (Phi) is 4.50. The van der Waals surface area contributed by atoms with E-state index in [0.717, 1.165) is 11.3 Å². The summed E-state index contributed by atoms with van der Waals surface area (Å²) in [5.74, 6) is -0.0213. The third kappa shape index (κ3) is 3.04. The summed E-state index contributed by atoms with van der Waals surface area (Å²) in [4.78, 5) is 14.1. The first-order valence-corrected chi connectivity index (χ1v) is 7.07. The van der Waals surface area contributed by atoms with Crippen LogP contribution in [0.15, 0.2) is 6.08 Å². The molecule has 6 heteroatoms. The number of hydrogen-bond acceptors (Lipinski definition) is 3. The van der Waals surface area contributed by atoms with Crippen molar-refractivity contribution in [3.8, 4) is 0 Å². The van der Waals surface area contributed by atoms with Gasteiger partial charge in [0.2, 0.25) is 5.91 Å². The quantitative estimate of drug-likeness (QED) is 0.785. The fraction of sp³-hybridized carbons (Fsp3) is 0.571. The van der Waals surface area contributed by atoms with E-state index >= 15 is 0 Å². The Labute approximate surface area is 124 Å². The van der Waals surface area contributed by atoms with Gasteiger partial charge in [0, 0.05) is 25.2 Å². The number of amides is 1. The highest BCUT2D eigenvalue weighted by molar-refractivity contribution is 6.31. The maximum absolute atomic E-state index is 12.3. The molecule has 0 spiro atoms. The Bertz CT molecular complexity index is 539. The van der Waals surface area contributed by atoms with Crippen LogP contribution < -0.4 is 0 Å². The predicted molar refractivity (Wildman–Crippen MR) is 78.6 cm³/mol. The van der Waals surface area contributed by atoms with Gasteiger partial charge in [-0.15, -0.1) is 0 Å². The van der Waals surface area contributed by atoms with Crippen molar-refractivity contribution in [3.63, 3.8) is 0 Å². The van der Waals surface area contributed by atoms with Crippen LogP contribution in [0.25, 0.3) is 6.08 Å². The normalized spacial score (nSPS) is 23.6. The van der Waals surface area contributed by atoms with E-state index in [4.69, 9.17) is 16.3 Å². The molecule has 1 aromatic rings. The van der Waals surface area contributed by atoms with Gasteiger partial charge in [0.25, 0.3) is 0 Å². The standard InChI is InChI=1S/C14H20ClN3O2/c1-9-8-20-10(2)7-18(9)13(19)6-5-12-11(3)16-17(4)14(12)15/h5-6,9-10H,7-8H2,1-4H3/b6-5+. The number of rotatable bonds is 2. The van der Waals surface area contributed by atoms with Crippen LogP contribution in [-0.4, -0.2) is 45.9 Å². The molecule has 2 rings (SSSR count). The molecule has 0 saturated carbocycles. The van der Waals surface area contributed by atoms with E-state index in [0.29, 0.717) is 18.3 Å². The Morgan fingerprint density at radius 1 is 1.50 bits per heavy atom. The molecule has 0 aromatic carbocycles. The lowest BCUT2D eigenvalue weighted by Gasteiger charge is -2.36. The van der Waals surface area contributed by atoms with E-state index in [9.17, 15) is 4.79 Å². The molecule has 1 fully saturated rings. The summed E-state index contributed by atoms with van der Waals surface area (Å²) in [5, 5.41) is 4.75. The van der Waals surface area contributed by atoms with E-state index in [1.807, 2.05) is 25.7 Å². The molecule has 0 N–H and O–H groups in total. The Morgan fingerprint density at radius 3 is 2.80 bits per heavy atom. The molecule has 2 heterocycles. The van der Waals surface area contributed by atoms with Crippen LogP contribution in [0.2, 0.25) is 5.15 Å². The van der Waals surface area contributed by atoms with Crippen molar-refractivity contribution in [1.29, 1.82) is 0 Å². The van der Waals surface area contributed by atoms with Crippen LogP contribution in [0.5, 0.6) is 0 Å². The molecule has 2 unspecified atom stereocenters. The van der Waals surface area contributed by atoms with Crippen LogP contribution in [0.4, 0.5) is 0 Å². The number of carbonyl (C=O) groups is 1. The lowest BCUT2D eigenvalue weighted by Crippen LogP contribution is -2.49. The summed E-state index contributed by atoms with van der Waals surface area (Å²) >= 11 is 6.14. The van der Waals surface area contributed by atoms with Crippen molar-refractivity contribution in [2.45, 2.75) is 32.9 Å². The molecule has 20 heavy (non-hydrogen) atoms. The smallest absolute Gasteiger partial charge is 0.246 e. The van der Waals surface area contributed by atoms with Crippen molar-refractivity contribution in [1.82, 2.24) is 14.7 Å². The number of morpholine rings is 1. The van der Waals surface area contributed by atoms with Crippen molar-refractivity contribution < 1.29 is 9.53 Å². The molecule has 2 atom stereocenters. The van der Waals surface area contributed by atoms with Crippen molar-refractivity contribution in [3.05, 3.63) is 22.5 Å². The Hall–Kier alpha value is -1.33. The van der Waals surface area contributed by atoms with Gasteiger partial charge >= 0.3 is 0 Å². The molecular weight excluding hydrogens is 278 g/mol. The number of halogens is 1. The average Bonchev–Trinajstić information content (AvgIpc) is 2.64. The fourth-order valence-electron chi connectivity index (χ4n) is 2.30. The maximum Gasteiger partial charge on any atom is 0.246 e. The predicted octanol–water partition coefficient (Wildman–Crippen LogP) is 2.03. The van der Waals surface area contributed by atoms with Gasteiger partial charge in [-0.05, 0) is 26.8 Å². The van der Waals surface area contributed by atoms with Crippen molar-refractivity contribution in [2.24, 2.45) is 7.05 Å². The van der Waals surface area contributed by atoms with Gasteiger partial charge in [0.15, 0.2) is 0 Å². The zero-order valence-corrected chi connectivity index (χ0v) is 13.0. The van der Waals surface area contributed by atoms with Gasteiger partial charge in [-0.25, -0.2) is 0 Å². The average molecular weight is 298 g/mol. The molecule has 1 aliphatic rings. The number of hydrogen-bond donors (Lipinski definition) is 0. The SMILES string of the molecule is Cc1nn(C)c(Cl)c1/C=C/C(=O)N1CC(C)OCC1C. The van der Waals surface area contributed by atoms with E-state index in [2.05, 4.69) is 5.10 Å². The van der Waals surface area contributed by atoms with E-state index < -0.39 is 0 Å². The number of carbonyl (C=O) groups excluding carboxylic acids is 1. The second-order valence-corrected chi connectivity index (χ2v) is 5.59. The monoisotopic (exact) mass is 297 g/mol. The summed E-state index contributed by atoms with van der Waals surface area (Å²) in [6.45, 7) is 7.02. The van der Waals surface area contributed by atoms with Gasteiger partial charge in [-0.3, -0.25) is 9.48 Å². The molecule has 0 bridgehead atoms. The largest absolute Gasteiger partial charge is 0.375 e. The van der Waals surface area contributed by atoms with E-state index in [-0.39, 0.29) is 18.1 Å². The highest BCUT2D eigenvalue weighted by Crippen LogP contribution is 2.20. The molecular formula is C14H20ClN3O2. The number of aryl methyl sites for hydroxylation is 2. The van der Waals surface area contributed by atoms with Crippen LogP contribution in [0.3, 0.4) is 0 Å². The lowest BCUT2D eigenvalue weighted by molar-refractivity contribution is -0.137. The minimum Gasteiger partial charge on any atom is -0.375 e. The summed E-state index contributed by atoms with van der Waals surface area (Å²) in [6.07, 6.45) is 3.37. The van der Waals surface area contributed by atoms with Gasteiger partial charge in [-0.2, -0.15) is 5.10 Å². The molecule has 1 aliphatic heterocycles. The molecule has 5 nitrogen and oxygen atoms in total. The maximum atomic E-state index is 12.3. The summed E-state index contributed by atoms with van der Waals surface area (Å²) in [6, 6.07) is 0.0915. The first-order chi connectivity index (χ1) is 9.40. The topological polar surface area (TPSA) is 47.4 Å². The fourth-order valence-corrected chi connectivity index (χ4v) is 2.53. The lowest BCUT2D eigenvalue weighted by atomic mass is 10.2. The molecule has 0 radical (unpaired) electrons. The first-order valence-electron chi connectivity index (χ1n) is 6.69. The first kappa shape index (κ1) is 15.1. The number of nitrogens with zero attached hydrogens (tertiary/aromatic N) is 3. The van der Waals surface area contributed by atoms with Crippen LogP contribution in [-0.2, 0) is 16.6 Å². The molecule has 0 aliphatic carbocycles. The number of ether oxygens (including phenoxy) is 1. The van der Waals surface area contributed by atoms with Gasteiger partial charge in [-0.1, -0.05) is 11.6 Å². The summed E-state index contributed by atoms with van der Waals surface area (Å²) < 4.78 is 7.12. The molecule has 1 saturated heterocycles. The minimum absolute atomic E-state index is 0.0213. The number of aromatic nitrogens is 2. The highest BCUT2D eigenvalue weighted by atomic mass is 35.5. The van der Waals surface area contributed by atoms with Gasteiger partial charge in [0.1, 0.15) is 5.15 Å². The van der Waals surface area contributed by atoms with E-state index in [1.165, 1.54) is 0 Å². The summed E-state index contributed by atoms with van der Waals surface area (Å²) in [5.41, 5.74) is 1.60. The van der Waals surface area contributed by atoms with Crippen LogP contribution in [0, 0.1) is 6.92 Å². The molecule has 1 amide bonds. The third-order valence-corrected chi connectivity index (χ3v) is 3.93. The van der Waals surface area contributed by atoms with Crippen LogP contribution in [0.1, 0.15) is 25.1 Å². The Balaban J connectivity index is 2.12. The van der Waals surface area contributed by atoms with Crippen molar-refractivity contribution in [2.75, 3.05) is 13.2 Å². The Morgan fingerprint density at radius 2 is 2.20 bits per heavy atom. The van der Waals surface area contributed by atoms with Crippen LogP contribution >= 0.6 is 11.6 Å². The van der Waals surface area contributed by atoms with E-state index in [1.54, 1.807) is 23.9 Å². The second-order valence-electron chi connectivity index (χ2n) is 5.23. The third-order valence-electron chi connectivity index (χ3n) is 3.48. The zero-order valence-electron chi connectivity index (χ0n) is 12.3. The molecule has 110 valence electrons. The second kappa shape index (κ2) is 5.97.